The zero-order chi connectivity index (χ0) is 44.4. The standard InChI is InChI=1S/C46H75N3O13/c1-29(2)7-6-8-30(3)35-11-12-36-34-10-9-31-25-33(15-17-45(31,4)37(34)16-18-46(35,36)5)61-40(52)14-13-39(51)57-23-24-59-60-28-32-26-49(48-47-32)19-20-56-21-22-58-44-43(55)42(54)41(53)38(27-50)62-44/h9,26,29-30,33-38,41-44,50,53-55H,6-8,10-25,27-28H2,1-5H3/t30-,33+,34+,35-,36+,37+,38?,41-,42?,43?,44+,45+,46-/m1/s1. The normalized spacial score (nSPS) is 34.8. The van der Waals surface area contributed by atoms with Crippen LogP contribution in [0.25, 0.3) is 0 Å². The fourth-order valence-electron chi connectivity index (χ4n) is 11.8. The van der Waals surface area contributed by atoms with Gasteiger partial charge in [0, 0.05) is 6.42 Å². The molecule has 0 spiro atoms. The monoisotopic (exact) mass is 878 g/mol. The van der Waals surface area contributed by atoms with E-state index in [2.05, 4.69) is 51.0 Å². The summed E-state index contributed by atoms with van der Waals surface area (Å²) in [7, 11) is 0. The Labute approximate surface area is 367 Å². The summed E-state index contributed by atoms with van der Waals surface area (Å²) in [5.41, 5.74) is 2.64. The number of hydrogen-bond donors (Lipinski definition) is 4. The lowest BCUT2D eigenvalue weighted by Crippen LogP contribution is -2.59. The van der Waals surface area contributed by atoms with E-state index in [0.717, 1.165) is 55.3 Å². The van der Waals surface area contributed by atoms with Crippen molar-refractivity contribution < 1.29 is 63.5 Å². The highest BCUT2D eigenvalue weighted by Gasteiger charge is 2.59. The van der Waals surface area contributed by atoms with Gasteiger partial charge < -0.3 is 44.1 Å². The fourth-order valence-corrected chi connectivity index (χ4v) is 11.8. The maximum absolute atomic E-state index is 12.8. The van der Waals surface area contributed by atoms with Crippen LogP contribution in [0.15, 0.2) is 17.8 Å². The largest absolute Gasteiger partial charge is 0.463 e. The average molecular weight is 878 g/mol. The lowest BCUT2D eigenvalue weighted by molar-refractivity contribution is -0.307. The first kappa shape index (κ1) is 48.9. The van der Waals surface area contributed by atoms with Crippen molar-refractivity contribution in [3.63, 3.8) is 0 Å². The molecule has 0 bridgehead atoms. The number of aliphatic hydroxyl groups is 4. The summed E-state index contributed by atoms with van der Waals surface area (Å²) in [5, 5.41) is 47.0. The molecule has 352 valence electrons. The number of fused-ring (bicyclic) bond motifs is 5. The third-order valence-corrected chi connectivity index (χ3v) is 15.2. The molecule has 3 saturated carbocycles. The van der Waals surface area contributed by atoms with Crippen LogP contribution >= 0.6 is 0 Å². The molecule has 0 radical (unpaired) electrons. The number of ether oxygens (including phenoxy) is 5. The molecule has 1 aromatic rings. The SMILES string of the molecule is CC(C)CCC[C@@H](C)[C@H]1CC[C@H]2[C@@H]3CC=C4C[C@@H](OC(=O)CCC(=O)OCCOOCc5cn(CCOCCO[C@H]6OC(CO)[C@@H](O)C(O)C6O)nn5)CC[C@]4(C)[C@H]3CC[C@]12C. The smallest absolute Gasteiger partial charge is 0.306 e. The van der Waals surface area contributed by atoms with Gasteiger partial charge in [0.1, 0.15) is 56.0 Å². The molecule has 4 fully saturated rings. The molecule has 16 nitrogen and oxygen atoms in total. The molecule has 4 aliphatic carbocycles. The van der Waals surface area contributed by atoms with E-state index in [4.69, 9.17) is 33.5 Å². The molecule has 1 saturated heterocycles. The Hall–Kier alpha value is -2.54. The highest BCUT2D eigenvalue weighted by atomic mass is 17.2. The predicted octanol–water partition coefficient (Wildman–Crippen LogP) is 4.84. The van der Waals surface area contributed by atoms with E-state index in [1.165, 1.54) is 50.5 Å². The minimum Gasteiger partial charge on any atom is -0.463 e. The lowest BCUT2D eigenvalue weighted by atomic mass is 9.47. The number of aliphatic hydroxyl groups excluding tert-OH is 4. The quantitative estimate of drug-likeness (QED) is 0.0381. The second kappa shape index (κ2) is 22.6. The number of aromatic nitrogens is 3. The Morgan fingerprint density at radius 2 is 1.71 bits per heavy atom. The zero-order valence-electron chi connectivity index (χ0n) is 37.7. The van der Waals surface area contributed by atoms with E-state index in [1.807, 2.05) is 0 Å². The topological polar surface area (TPSA) is 210 Å². The summed E-state index contributed by atoms with van der Waals surface area (Å²) in [5.74, 6) is 3.87. The van der Waals surface area contributed by atoms with Crippen LogP contribution in [0.2, 0.25) is 0 Å². The summed E-state index contributed by atoms with van der Waals surface area (Å²) in [6.07, 6.45) is 10.6. The van der Waals surface area contributed by atoms with Crippen molar-refractivity contribution in [2.75, 3.05) is 39.6 Å². The van der Waals surface area contributed by atoms with Gasteiger partial charge in [-0.3, -0.25) is 9.59 Å². The molecule has 16 heteroatoms. The van der Waals surface area contributed by atoms with Gasteiger partial charge >= 0.3 is 11.9 Å². The van der Waals surface area contributed by atoms with Crippen molar-refractivity contribution in [3.05, 3.63) is 23.5 Å². The Bertz CT molecular complexity index is 1610. The number of carbonyl (C=O) groups excluding carboxylic acids is 2. The highest BCUT2D eigenvalue weighted by molar-refractivity contribution is 5.77. The van der Waals surface area contributed by atoms with Gasteiger partial charge in [-0.15, -0.1) is 5.10 Å². The molecule has 13 atom stereocenters. The van der Waals surface area contributed by atoms with Crippen molar-refractivity contribution in [1.82, 2.24) is 15.0 Å². The molecule has 2 heterocycles. The molecule has 0 aromatic carbocycles. The van der Waals surface area contributed by atoms with Crippen LogP contribution in [0, 0.1) is 46.3 Å². The van der Waals surface area contributed by atoms with Crippen LogP contribution in [0.3, 0.4) is 0 Å². The van der Waals surface area contributed by atoms with E-state index in [1.54, 1.807) is 10.9 Å². The van der Waals surface area contributed by atoms with Crippen LogP contribution in [0.1, 0.15) is 124 Å². The molecule has 4 N–H and O–H groups in total. The minimum atomic E-state index is -1.51. The molecular weight excluding hydrogens is 803 g/mol. The van der Waals surface area contributed by atoms with E-state index in [-0.39, 0.29) is 70.0 Å². The van der Waals surface area contributed by atoms with Gasteiger partial charge in [0.15, 0.2) is 6.29 Å². The molecular formula is C46H75N3O13. The molecule has 1 aromatic heterocycles. The van der Waals surface area contributed by atoms with Gasteiger partial charge in [-0.1, -0.05) is 70.7 Å². The maximum atomic E-state index is 12.8. The molecule has 6 rings (SSSR count). The van der Waals surface area contributed by atoms with Crippen molar-refractivity contribution in [1.29, 1.82) is 0 Å². The van der Waals surface area contributed by atoms with Crippen LogP contribution in [-0.2, 0) is 56.2 Å². The van der Waals surface area contributed by atoms with Gasteiger partial charge in [-0.2, -0.15) is 0 Å². The third-order valence-electron chi connectivity index (χ3n) is 15.2. The van der Waals surface area contributed by atoms with E-state index in [0.29, 0.717) is 23.6 Å². The Kier molecular flexibility index (Phi) is 17.8. The number of esters is 2. The first-order chi connectivity index (χ1) is 29.7. The first-order valence-electron chi connectivity index (χ1n) is 23.4. The summed E-state index contributed by atoms with van der Waals surface area (Å²) < 4.78 is 28.9. The second-order valence-corrected chi connectivity index (χ2v) is 19.6. The van der Waals surface area contributed by atoms with E-state index in [9.17, 15) is 30.0 Å². The second-order valence-electron chi connectivity index (χ2n) is 19.6. The predicted molar refractivity (Wildman–Crippen MR) is 224 cm³/mol. The number of carbonyl (C=O) groups is 2. The van der Waals surface area contributed by atoms with E-state index >= 15 is 0 Å². The zero-order valence-corrected chi connectivity index (χ0v) is 37.7. The van der Waals surface area contributed by atoms with Crippen molar-refractivity contribution in [3.8, 4) is 0 Å². The molecule has 1 aliphatic heterocycles. The third kappa shape index (κ3) is 12.0. The van der Waals surface area contributed by atoms with Crippen molar-refractivity contribution in [2.45, 2.75) is 168 Å². The molecule has 0 amide bonds. The Balaban J connectivity index is 0.799. The highest BCUT2D eigenvalue weighted by Crippen LogP contribution is 2.67. The molecule has 3 unspecified atom stereocenters. The minimum absolute atomic E-state index is 0.000699. The van der Waals surface area contributed by atoms with Crippen molar-refractivity contribution >= 4 is 11.9 Å². The molecule has 5 aliphatic rings. The lowest BCUT2D eigenvalue weighted by Gasteiger charge is -2.58. The Morgan fingerprint density at radius 3 is 2.50 bits per heavy atom. The summed E-state index contributed by atoms with van der Waals surface area (Å²) in [6.45, 7) is 12.7. The number of rotatable bonds is 23. The van der Waals surface area contributed by atoms with Crippen LogP contribution in [0.4, 0.5) is 0 Å². The van der Waals surface area contributed by atoms with E-state index < -0.39 is 43.3 Å². The Morgan fingerprint density at radius 1 is 0.903 bits per heavy atom. The summed E-state index contributed by atoms with van der Waals surface area (Å²) in [6, 6.07) is 0. The average Bonchev–Trinajstić information content (AvgIpc) is 3.86. The van der Waals surface area contributed by atoms with Gasteiger partial charge in [0.25, 0.3) is 0 Å². The number of allylic oxidation sites excluding steroid dienone is 1. The molecule has 62 heavy (non-hydrogen) atoms. The van der Waals surface area contributed by atoms with Crippen molar-refractivity contribution in [2.24, 2.45) is 46.3 Å². The number of hydrogen-bond acceptors (Lipinski definition) is 15. The fraction of sp³-hybridized carbons (Fsp3) is 0.870. The van der Waals surface area contributed by atoms with Gasteiger partial charge in [-0.05, 0) is 91.3 Å². The van der Waals surface area contributed by atoms with Crippen LogP contribution < -0.4 is 0 Å². The summed E-state index contributed by atoms with van der Waals surface area (Å²) >= 11 is 0. The number of nitrogens with zero attached hydrogens (tertiary/aromatic N) is 3. The van der Waals surface area contributed by atoms with Crippen LogP contribution in [0.5, 0.6) is 0 Å². The van der Waals surface area contributed by atoms with Crippen LogP contribution in [-0.4, -0.2) is 124 Å². The first-order valence-corrected chi connectivity index (χ1v) is 23.4. The van der Waals surface area contributed by atoms with Gasteiger partial charge in [0.2, 0.25) is 0 Å². The van der Waals surface area contributed by atoms with Gasteiger partial charge in [-0.25, -0.2) is 14.5 Å². The summed E-state index contributed by atoms with van der Waals surface area (Å²) in [4.78, 5) is 35.5. The van der Waals surface area contributed by atoms with Gasteiger partial charge in [0.05, 0.1) is 52.0 Å². The maximum Gasteiger partial charge on any atom is 0.306 e.